The molecule has 82 valence electrons. The Morgan fingerprint density at radius 2 is 2.12 bits per heavy atom. The lowest BCUT2D eigenvalue weighted by Gasteiger charge is -1.92. The Morgan fingerprint density at radius 3 is 2.94 bits per heavy atom. The van der Waals surface area contributed by atoms with Gasteiger partial charge in [-0.15, -0.1) is 0 Å². The van der Waals surface area contributed by atoms with Gasteiger partial charge in [0.15, 0.2) is 10.3 Å². The average molecular weight is 360 g/mol. The number of rotatable bonds is 1. The summed E-state index contributed by atoms with van der Waals surface area (Å²) in [5.41, 5.74) is 2.30. The van der Waals surface area contributed by atoms with E-state index in [0.717, 1.165) is 10.8 Å². The maximum atomic E-state index is 4.44. The molecule has 0 aliphatic heterocycles. The van der Waals surface area contributed by atoms with Gasteiger partial charge in [0.25, 0.3) is 6.33 Å². The minimum absolute atomic E-state index is 0. The molecule has 0 atom stereocenters. The van der Waals surface area contributed by atoms with Crippen LogP contribution in [0.2, 0.25) is 0 Å². The number of fused-ring (bicyclic) bond motifs is 3. The van der Waals surface area contributed by atoms with Crippen LogP contribution in [0.25, 0.3) is 15.7 Å². The minimum atomic E-state index is 0. The Balaban J connectivity index is 0.000000963. The number of nitrogens with zero attached hydrogens (tertiary/aromatic N) is 2. The summed E-state index contributed by atoms with van der Waals surface area (Å²) in [6.07, 6.45) is 1.89. The van der Waals surface area contributed by atoms with Crippen molar-refractivity contribution < 1.29 is 21.4 Å². The quantitative estimate of drug-likeness (QED) is 0.439. The summed E-state index contributed by atoms with van der Waals surface area (Å²) in [4.78, 5) is 5.70. The van der Waals surface area contributed by atoms with Crippen molar-refractivity contribution in [3.63, 3.8) is 0 Å². The van der Waals surface area contributed by atoms with Crippen LogP contribution in [0.1, 0.15) is 5.69 Å². The van der Waals surface area contributed by atoms with E-state index >= 15 is 0 Å². The lowest BCUT2D eigenvalue weighted by Crippen LogP contribution is -3.00. The molecule has 1 aromatic carbocycles. The van der Waals surface area contributed by atoms with Gasteiger partial charge in [-0.05, 0) is 17.1 Å². The number of halogens is 2. The molecule has 0 aliphatic carbocycles. The first kappa shape index (κ1) is 12.0. The molecule has 2 nitrogen and oxygen atoms in total. The van der Waals surface area contributed by atoms with E-state index in [4.69, 9.17) is 0 Å². The van der Waals surface area contributed by atoms with Crippen molar-refractivity contribution in [1.82, 2.24) is 4.98 Å². The fraction of sp³-hybridized carbons (Fsp3) is 0.0909. The highest BCUT2D eigenvalue weighted by atomic mass is 79.9. The smallest absolute Gasteiger partial charge is 0.292 e. The second-order valence-corrected chi connectivity index (χ2v) is 4.72. The van der Waals surface area contributed by atoms with Crippen molar-refractivity contribution in [2.24, 2.45) is 0 Å². The molecule has 0 saturated heterocycles. The second kappa shape index (κ2) is 4.77. The zero-order valence-corrected chi connectivity index (χ0v) is 12.2. The highest BCUT2D eigenvalue weighted by molar-refractivity contribution is 9.08. The van der Waals surface area contributed by atoms with Gasteiger partial charge in [-0.25, -0.2) is 0 Å². The van der Waals surface area contributed by atoms with E-state index in [-0.39, 0.29) is 17.0 Å². The van der Waals surface area contributed by atoms with Crippen molar-refractivity contribution in [2.75, 3.05) is 0 Å². The standard InChI is InChI=1S/C11H8BrN2S.BrH/c12-5-8-6-15-11-9-3-1-2-4-10(9)13-7-14(8)11;/h1-4,6-7H,5H2;1H/q+1;/p-1. The van der Waals surface area contributed by atoms with Crippen LogP contribution < -0.4 is 21.4 Å². The predicted octanol–water partition coefficient (Wildman–Crippen LogP) is -0.0661. The number of para-hydroxylation sites is 1. The Hall–Kier alpha value is -0.520. The zero-order valence-electron chi connectivity index (χ0n) is 8.23. The minimum Gasteiger partial charge on any atom is -1.00 e. The molecule has 3 rings (SSSR count). The van der Waals surface area contributed by atoms with Gasteiger partial charge in [0.1, 0.15) is 5.69 Å². The lowest BCUT2D eigenvalue weighted by atomic mass is 10.2. The van der Waals surface area contributed by atoms with Crippen LogP contribution in [0, 0.1) is 0 Å². The van der Waals surface area contributed by atoms with Crippen molar-refractivity contribution in [2.45, 2.75) is 5.33 Å². The molecule has 0 unspecified atom stereocenters. The molecule has 3 aromatic rings. The van der Waals surface area contributed by atoms with Crippen LogP contribution in [0.4, 0.5) is 0 Å². The van der Waals surface area contributed by atoms with Gasteiger partial charge in [0.05, 0.1) is 10.7 Å². The van der Waals surface area contributed by atoms with E-state index in [9.17, 15) is 0 Å². The number of thiazole rings is 1. The number of hydrogen-bond acceptors (Lipinski definition) is 2. The summed E-state index contributed by atoms with van der Waals surface area (Å²) in [5, 5.41) is 4.24. The van der Waals surface area contributed by atoms with E-state index in [1.807, 2.05) is 18.5 Å². The van der Waals surface area contributed by atoms with Crippen LogP contribution in [0.5, 0.6) is 0 Å². The number of aromatic nitrogens is 2. The van der Waals surface area contributed by atoms with Gasteiger partial charge in [-0.2, -0.15) is 4.40 Å². The first-order valence-corrected chi connectivity index (χ1v) is 6.62. The van der Waals surface area contributed by atoms with Crippen molar-refractivity contribution in [3.05, 3.63) is 41.7 Å². The fourth-order valence-corrected chi connectivity index (χ4v) is 3.34. The van der Waals surface area contributed by atoms with Gasteiger partial charge in [0, 0.05) is 5.38 Å². The second-order valence-electron chi connectivity index (χ2n) is 3.30. The first-order valence-electron chi connectivity index (χ1n) is 4.61. The van der Waals surface area contributed by atoms with E-state index in [2.05, 4.69) is 42.8 Å². The highest BCUT2D eigenvalue weighted by Gasteiger charge is 2.12. The maximum absolute atomic E-state index is 4.44. The Morgan fingerprint density at radius 1 is 1.31 bits per heavy atom. The van der Waals surface area contributed by atoms with Crippen molar-refractivity contribution in [1.29, 1.82) is 0 Å². The van der Waals surface area contributed by atoms with Gasteiger partial charge in [-0.3, -0.25) is 0 Å². The molecular weight excluding hydrogens is 352 g/mol. The molecule has 0 radical (unpaired) electrons. The zero-order chi connectivity index (χ0) is 10.3. The van der Waals surface area contributed by atoms with Crippen LogP contribution >= 0.6 is 27.3 Å². The Labute approximate surface area is 116 Å². The molecular formula is C11H8Br2N2S. The molecule has 0 amide bonds. The Bertz CT molecular complexity index is 636. The predicted molar refractivity (Wildman–Crippen MR) is 65.4 cm³/mol. The molecule has 0 saturated carbocycles. The normalized spacial score (nSPS) is 10.6. The molecule has 0 bridgehead atoms. The third-order valence-electron chi connectivity index (χ3n) is 2.42. The van der Waals surface area contributed by atoms with Crippen molar-refractivity contribution >= 4 is 43.0 Å². The monoisotopic (exact) mass is 358 g/mol. The fourth-order valence-electron chi connectivity index (χ4n) is 1.67. The number of hydrogen-bond donors (Lipinski definition) is 0. The van der Waals surface area contributed by atoms with E-state index in [1.165, 1.54) is 15.9 Å². The molecule has 16 heavy (non-hydrogen) atoms. The Kier molecular flexibility index (Phi) is 3.56. The van der Waals surface area contributed by atoms with Gasteiger partial charge in [-0.1, -0.05) is 39.4 Å². The summed E-state index contributed by atoms with van der Waals surface area (Å²) in [6.45, 7) is 0. The SMILES string of the molecule is BrCc1csc2c3ccccc3nc[n+]12.[Br-]. The van der Waals surface area contributed by atoms with E-state index in [0.29, 0.717) is 0 Å². The van der Waals surface area contributed by atoms with Gasteiger partial charge < -0.3 is 17.0 Å². The van der Waals surface area contributed by atoms with Gasteiger partial charge in [0.2, 0.25) is 0 Å². The van der Waals surface area contributed by atoms with Crippen molar-refractivity contribution in [3.8, 4) is 0 Å². The molecule has 5 heteroatoms. The summed E-state index contributed by atoms with van der Waals surface area (Å²) >= 11 is 5.24. The van der Waals surface area contributed by atoms with Gasteiger partial charge >= 0.3 is 0 Å². The number of benzene rings is 1. The van der Waals surface area contributed by atoms with Crippen LogP contribution in [-0.4, -0.2) is 4.98 Å². The summed E-state index contributed by atoms with van der Waals surface area (Å²) in [6, 6.07) is 8.23. The summed E-state index contributed by atoms with van der Waals surface area (Å²) < 4.78 is 2.14. The van der Waals surface area contributed by atoms with Crippen LogP contribution in [0.3, 0.4) is 0 Å². The average Bonchev–Trinajstić information content (AvgIpc) is 2.72. The highest BCUT2D eigenvalue weighted by Crippen LogP contribution is 2.20. The van der Waals surface area contributed by atoms with Crippen LogP contribution in [0.15, 0.2) is 36.0 Å². The lowest BCUT2D eigenvalue weighted by molar-refractivity contribution is -0.518. The summed E-state index contributed by atoms with van der Waals surface area (Å²) in [5.74, 6) is 0. The molecule has 2 aromatic heterocycles. The third-order valence-corrected chi connectivity index (χ3v) is 4.02. The van der Waals surface area contributed by atoms with Crippen LogP contribution in [-0.2, 0) is 5.33 Å². The third kappa shape index (κ3) is 1.77. The van der Waals surface area contributed by atoms with E-state index < -0.39 is 0 Å². The molecule has 0 fully saturated rings. The molecule has 0 aliphatic rings. The molecule has 2 heterocycles. The summed E-state index contributed by atoms with van der Waals surface area (Å²) in [7, 11) is 0. The maximum Gasteiger partial charge on any atom is 0.292 e. The molecule has 0 N–H and O–H groups in total. The number of alkyl halides is 1. The first-order chi connectivity index (χ1) is 7.40. The largest absolute Gasteiger partial charge is 1.00 e. The molecule has 0 spiro atoms. The topological polar surface area (TPSA) is 17.0 Å². The van der Waals surface area contributed by atoms with E-state index in [1.54, 1.807) is 11.3 Å².